The molecule has 0 fully saturated rings. The minimum Gasteiger partial charge on any atom is -0.375 e. The van der Waals surface area contributed by atoms with Gasteiger partial charge in [0.1, 0.15) is 16.4 Å². The molecular formula is C21H18FN3O5S. The number of halogens is 1. The van der Waals surface area contributed by atoms with Crippen LogP contribution in [0.5, 0.6) is 0 Å². The SMILES string of the molecule is CS(=O)(=O)c1cccc(NCc2ccc(C(=O)Nc3ccc(F)cc3)cc2)c1[N+](=O)[O-]. The minimum absolute atomic E-state index is 0.0751. The molecule has 0 heterocycles. The summed E-state index contributed by atoms with van der Waals surface area (Å²) in [6.07, 6.45) is 0.912. The number of amides is 1. The summed E-state index contributed by atoms with van der Waals surface area (Å²) in [4.78, 5) is 22.6. The number of carbonyl (C=O) groups is 1. The smallest absolute Gasteiger partial charge is 0.310 e. The molecule has 0 aliphatic rings. The molecule has 31 heavy (non-hydrogen) atoms. The first kappa shape index (κ1) is 21.9. The van der Waals surface area contributed by atoms with Crippen LogP contribution in [0.4, 0.5) is 21.5 Å². The fraction of sp³-hybridized carbons (Fsp3) is 0.0952. The van der Waals surface area contributed by atoms with Crippen molar-refractivity contribution < 1.29 is 22.5 Å². The zero-order valence-electron chi connectivity index (χ0n) is 16.3. The van der Waals surface area contributed by atoms with E-state index in [0.29, 0.717) is 11.3 Å². The van der Waals surface area contributed by atoms with Gasteiger partial charge in [0.15, 0.2) is 9.84 Å². The van der Waals surface area contributed by atoms with E-state index < -0.39 is 26.3 Å². The van der Waals surface area contributed by atoms with E-state index in [1.54, 1.807) is 24.3 Å². The highest BCUT2D eigenvalue weighted by Crippen LogP contribution is 2.32. The number of nitrogens with one attached hydrogen (secondary N) is 2. The molecule has 0 aromatic heterocycles. The summed E-state index contributed by atoms with van der Waals surface area (Å²) in [5, 5.41) is 16.9. The second kappa shape index (κ2) is 8.92. The van der Waals surface area contributed by atoms with Crippen molar-refractivity contribution in [1.82, 2.24) is 0 Å². The molecule has 1 amide bonds. The first-order valence-corrected chi connectivity index (χ1v) is 10.9. The summed E-state index contributed by atoms with van der Waals surface area (Å²) < 4.78 is 36.6. The van der Waals surface area contributed by atoms with Crippen molar-refractivity contribution in [2.45, 2.75) is 11.4 Å². The summed E-state index contributed by atoms with van der Waals surface area (Å²) >= 11 is 0. The normalized spacial score (nSPS) is 11.0. The Morgan fingerprint density at radius 2 is 1.68 bits per heavy atom. The number of benzene rings is 3. The summed E-state index contributed by atoms with van der Waals surface area (Å²) in [5.74, 6) is -0.778. The number of anilines is 2. The van der Waals surface area contributed by atoms with Crippen LogP contribution < -0.4 is 10.6 Å². The third-order valence-electron chi connectivity index (χ3n) is 4.38. The van der Waals surface area contributed by atoms with Crippen LogP contribution in [0.2, 0.25) is 0 Å². The largest absolute Gasteiger partial charge is 0.375 e. The number of para-hydroxylation sites is 1. The summed E-state index contributed by atoms with van der Waals surface area (Å²) in [6, 6.07) is 15.9. The lowest BCUT2D eigenvalue weighted by atomic mass is 10.1. The second-order valence-corrected chi connectivity index (χ2v) is 8.68. The Balaban J connectivity index is 1.72. The summed E-state index contributed by atoms with van der Waals surface area (Å²) in [7, 11) is -3.77. The van der Waals surface area contributed by atoms with Crippen molar-refractivity contribution in [2.24, 2.45) is 0 Å². The Hall–Kier alpha value is -3.79. The number of nitro groups is 1. The Morgan fingerprint density at radius 3 is 2.26 bits per heavy atom. The van der Waals surface area contributed by atoms with E-state index in [-0.39, 0.29) is 23.0 Å². The molecule has 3 aromatic carbocycles. The van der Waals surface area contributed by atoms with E-state index in [9.17, 15) is 27.7 Å². The first-order chi connectivity index (χ1) is 14.6. The van der Waals surface area contributed by atoms with Crippen molar-refractivity contribution in [3.63, 3.8) is 0 Å². The van der Waals surface area contributed by atoms with Gasteiger partial charge in [-0.3, -0.25) is 14.9 Å². The van der Waals surface area contributed by atoms with Crippen LogP contribution in [0.25, 0.3) is 0 Å². The zero-order valence-corrected chi connectivity index (χ0v) is 17.1. The maximum absolute atomic E-state index is 13.0. The Kier molecular flexibility index (Phi) is 6.30. The molecule has 0 atom stereocenters. The molecule has 2 N–H and O–H groups in total. The van der Waals surface area contributed by atoms with Gasteiger partial charge < -0.3 is 10.6 Å². The highest BCUT2D eigenvalue weighted by atomic mass is 32.2. The first-order valence-electron chi connectivity index (χ1n) is 9.02. The van der Waals surface area contributed by atoms with Crippen LogP contribution in [-0.2, 0) is 16.4 Å². The van der Waals surface area contributed by atoms with Crippen LogP contribution >= 0.6 is 0 Å². The molecule has 0 saturated heterocycles. The molecule has 3 rings (SSSR count). The quantitative estimate of drug-likeness (QED) is 0.421. The number of nitro benzene ring substituents is 1. The fourth-order valence-corrected chi connectivity index (χ4v) is 3.72. The molecule has 0 unspecified atom stereocenters. The van der Waals surface area contributed by atoms with Crippen LogP contribution in [-0.4, -0.2) is 25.5 Å². The molecular weight excluding hydrogens is 425 g/mol. The lowest BCUT2D eigenvalue weighted by molar-refractivity contribution is -0.386. The Morgan fingerprint density at radius 1 is 1.03 bits per heavy atom. The molecule has 160 valence electrons. The third-order valence-corrected chi connectivity index (χ3v) is 5.51. The van der Waals surface area contributed by atoms with E-state index in [2.05, 4.69) is 10.6 Å². The minimum atomic E-state index is -3.77. The average Bonchev–Trinajstić information content (AvgIpc) is 2.73. The molecule has 0 spiro atoms. The monoisotopic (exact) mass is 443 g/mol. The van der Waals surface area contributed by atoms with Gasteiger partial charge >= 0.3 is 5.69 Å². The Labute approximate surface area is 177 Å². The number of nitrogens with zero attached hydrogens (tertiary/aromatic N) is 1. The lowest BCUT2D eigenvalue weighted by Crippen LogP contribution is -2.12. The topological polar surface area (TPSA) is 118 Å². The number of hydrogen-bond acceptors (Lipinski definition) is 6. The van der Waals surface area contributed by atoms with Gasteiger partial charge in [-0.05, 0) is 54.1 Å². The molecule has 0 radical (unpaired) electrons. The van der Waals surface area contributed by atoms with Crippen molar-refractivity contribution >= 4 is 32.8 Å². The summed E-state index contributed by atoms with van der Waals surface area (Å²) in [6.45, 7) is 0.175. The van der Waals surface area contributed by atoms with Gasteiger partial charge in [-0.15, -0.1) is 0 Å². The fourth-order valence-electron chi connectivity index (χ4n) is 2.86. The van der Waals surface area contributed by atoms with Gasteiger partial charge in [0.25, 0.3) is 5.91 Å². The summed E-state index contributed by atoms with van der Waals surface area (Å²) in [5.41, 5.74) is 1.11. The van der Waals surface area contributed by atoms with Crippen LogP contribution in [0.15, 0.2) is 71.6 Å². The number of sulfone groups is 1. The number of rotatable bonds is 7. The van der Waals surface area contributed by atoms with E-state index in [1.165, 1.54) is 42.5 Å². The Bertz CT molecular complexity index is 1230. The standard InChI is InChI=1S/C21H18FN3O5S/c1-31(29,30)19-4-2-3-18(20(19)25(27)28)23-13-14-5-7-15(8-6-14)21(26)24-17-11-9-16(22)10-12-17/h2-12,23H,13H2,1H3,(H,24,26). The van der Waals surface area contributed by atoms with Gasteiger partial charge in [-0.2, -0.15) is 0 Å². The molecule has 8 nitrogen and oxygen atoms in total. The maximum atomic E-state index is 13.0. The second-order valence-electron chi connectivity index (χ2n) is 6.69. The van der Waals surface area contributed by atoms with Crippen LogP contribution in [0.3, 0.4) is 0 Å². The molecule has 0 saturated carbocycles. The predicted octanol–water partition coefficient (Wildman–Crippen LogP) is 4.00. The van der Waals surface area contributed by atoms with Gasteiger partial charge in [0.05, 0.1) is 4.92 Å². The molecule has 3 aromatic rings. The molecule has 0 aliphatic heterocycles. The van der Waals surface area contributed by atoms with Gasteiger partial charge in [-0.25, -0.2) is 12.8 Å². The van der Waals surface area contributed by atoms with Gasteiger partial charge in [0.2, 0.25) is 0 Å². The van der Waals surface area contributed by atoms with E-state index in [0.717, 1.165) is 11.8 Å². The third kappa shape index (κ3) is 5.43. The lowest BCUT2D eigenvalue weighted by Gasteiger charge is -2.10. The van der Waals surface area contributed by atoms with E-state index >= 15 is 0 Å². The van der Waals surface area contributed by atoms with Crippen molar-refractivity contribution in [2.75, 3.05) is 16.9 Å². The van der Waals surface area contributed by atoms with Crippen LogP contribution in [0, 0.1) is 15.9 Å². The van der Waals surface area contributed by atoms with Crippen molar-refractivity contribution in [1.29, 1.82) is 0 Å². The highest BCUT2D eigenvalue weighted by molar-refractivity contribution is 7.90. The van der Waals surface area contributed by atoms with E-state index in [4.69, 9.17) is 0 Å². The van der Waals surface area contributed by atoms with E-state index in [1.807, 2.05) is 0 Å². The number of carbonyl (C=O) groups excluding carboxylic acids is 1. The number of hydrogen-bond donors (Lipinski definition) is 2. The van der Waals surface area contributed by atoms with Crippen molar-refractivity contribution in [3.8, 4) is 0 Å². The maximum Gasteiger partial charge on any atom is 0.310 e. The van der Waals surface area contributed by atoms with Gasteiger partial charge in [0, 0.05) is 24.1 Å². The average molecular weight is 443 g/mol. The van der Waals surface area contributed by atoms with Gasteiger partial charge in [-0.1, -0.05) is 18.2 Å². The molecule has 0 aliphatic carbocycles. The molecule has 10 heteroatoms. The van der Waals surface area contributed by atoms with Crippen molar-refractivity contribution in [3.05, 3.63) is 93.8 Å². The predicted molar refractivity (Wildman–Crippen MR) is 114 cm³/mol. The molecule has 0 bridgehead atoms. The highest BCUT2D eigenvalue weighted by Gasteiger charge is 2.25. The zero-order chi connectivity index (χ0) is 22.6. The van der Waals surface area contributed by atoms with Crippen LogP contribution in [0.1, 0.15) is 15.9 Å².